The summed E-state index contributed by atoms with van der Waals surface area (Å²) >= 11 is 4.90. The van der Waals surface area contributed by atoms with E-state index < -0.39 is 11.0 Å². The average molecular weight is 552 g/mol. The highest BCUT2D eigenvalue weighted by molar-refractivity contribution is 9.10. The topological polar surface area (TPSA) is 103 Å². The van der Waals surface area contributed by atoms with E-state index in [4.69, 9.17) is 0 Å². The molecular weight excluding hydrogens is 530 g/mol. The number of thioether (sulfide) groups is 1. The third-order valence-corrected chi connectivity index (χ3v) is 6.89. The summed E-state index contributed by atoms with van der Waals surface area (Å²) in [4.78, 5) is 23.5. The second kappa shape index (κ2) is 10.8. The van der Waals surface area contributed by atoms with Crippen molar-refractivity contribution in [1.29, 1.82) is 0 Å². The van der Waals surface area contributed by atoms with Crippen LogP contribution in [0, 0.1) is 17.0 Å². The Morgan fingerprint density at radius 1 is 1.11 bits per heavy atom. The number of hydrogen-bond donors (Lipinski definition) is 1. The van der Waals surface area contributed by atoms with Crippen molar-refractivity contribution < 1.29 is 9.72 Å². The standard InChI is InChI=1S/C25H22BrN5O3S/c1-16-6-3-4-7-19(16)15-35-25-29-28-23(30(25)21-10-12-22(13-11-21)31(33)34)17(2)27-24(32)18-8-5-9-20(26)14-18/h3-14,17H,15H2,1-2H3,(H,27,32). The lowest BCUT2D eigenvalue weighted by Gasteiger charge is -2.16. The number of halogens is 1. The molecule has 0 aliphatic heterocycles. The van der Waals surface area contributed by atoms with Gasteiger partial charge in [0.2, 0.25) is 0 Å². The number of nitrogens with zero attached hydrogens (tertiary/aromatic N) is 4. The molecule has 8 nitrogen and oxygen atoms in total. The Labute approximate surface area is 215 Å². The molecule has 35 heavy (non-hydrogen) atoms. The zero-order valence-corrected chi connectivity index (χ0v) is 21.4. The van der Waals surface area contributed by atoms with Crippen molar-refractivity contribution in [3.63, 3.8) is 0 Å². The fourth-order valence-electron chi connectivity index (χ4n) is 3.51. The highest BCUT2D eigenvalue weighted by Crippen LogP contribution is 2.29. The molecule has 1 atom stereocenters. The third kappa shape index (κ3) is 5.77. The highest BCUT2D eigenvalue weighted by atomic mass is 79.9. The van der Waals surface area contributed by atoms with Gasteiger partial charge < -0.3 is 5.32 Å². The minimum atomic E-state index is -0.475. The lowest BCUT2D eigenvalue weighted by atomic mass is 10.1. The number of non-ortho nitro benzene ring substituents is 1. The number of aryl methyl sites for hydroxylation is 1. The van der Waals surface area contributed by atoms with Crippen LogP contribution in [0.2, 0.25) is 0 Å². The summed E-state index contributed by atoms with van der Waals surface area (Å²) < 4.78 is 2.64. The van der Waals surface area contributed by atoms with Crippen molar-refractivity contribution in [1.82, 2.24) is 20.1 Å². The summed E-state index contributed by atoms with van der Waals surface area (Å²) in [5, 5.41) is 23.5. The zero-order chi connectivity index (χ0) is 24.9. The zero-order valence-electron chi connectivity index (χ0n) is 19.0. The maximum atomic E-state index is 12.8. The fourth-order valence-corrected chi connectivity index (χ4v) is 4.94. The summed E-state index contributed by atoms with van der Waals surface area (Å²) in [6.45, 7) is 3.89. The molecule has 0 aliphatic carbocycles. The molecule has 0 bridgehead atoms. The van der Waals surface area contributed by atoms with Crippen molar-refractivity contribution in [2.45, 2.75) is 30.8 Å². The molecule has 1 unspecified atom stereocenters. The number of rotatable bonds is 8. The van der Waals surface area contributed by atoms with Gasteiger partial charge in [0, 0.05) is 33.6 Å². The minimum absolute atomic E-state index is 0.00602. The molecule has 3 aromatic carbocycles. The summed E-state index contributed by atoms with van der Waals surface area (Å²) in [5.74, 6) is 0.956. The van der Waals surface area contributed by atoms with Crippen LogP contribution in [0.25, 0.3) is 5.69 Å². The van der Waals surface area contributed by atoms with Crippen molar-refractivity contribution >= 4 is 39.3 Å². The Hall–Kier alpha value is -3.50. The number of carbonyl (C=O) groups is 1. The normalized spacial score (nSPS) is 11.7. The van der Waals surface area contributed by atoms with Crippen LogP contribution in [-0.4, -0.2) is 25.6 Å². The van der Waals surface area contributed by atoms with Gasteiger partial charge in [0.15, 0.2) is 11.0 Å². The van der Waals surface area contributed by atoms with Gasteiger partial charge >= 0.3 is 0 Å². The van der Waals surface area contributed by atoms with Crippen molar-refractivity contribution in [2.24, 2.45) is 0 Å². The number of amides is 1. The lowest BCUT2D eigenvalue weighted by Crippen LogP contribution is -2.28. The first-order valence-corrected chi connectivity index (χ1v) is 12.5. The van der Waals surface area contributed by atoms with Gasteiger partial charge in [0.05, 0.1) is 11.0 Å². The first-order valence-electron chi connectivity index (χ1n) is 10.8. The monoisotopic (exact) mass is 551 g/mol. The molecule has 0 saturated heterocycles. The van der Waals surface area contributed by atoms with Crippen molar-refractivity contribution in [3.05, 3.63) is 110 Å². The number of nitro groups is 1. The van der Waals surface area contributed by atoms with Gasteiger partial charge in [0.1, 0.15) is 0 Å². The van der Waals surface area contributed by atoms with Crippen LogP contribution in [0.5, 0.6) is 0 Å². The van der Waals surface area contributed by atoms with E-state index in [0.717, 1.165) is 4.47 Å². The molecule has 1 amide bonds. The molecule has 1 heterocycles. The SMILES string of the molecule is Cc1ccccc1CSc1nnc(C(C)NC(=O)c2cccc(Br)c2)n1-c1ccc([N+](=O)[O-])cc1. The molecule has 1 aromatic heterocycles. The highest BCUT2D eigenvalue weighted by Gasteiger charge is 2.22. The molecule has 4 aromatic rings. The number of nitro benzene ring substituents is 1. The fraction of sp³-hybridized carbons (Fsp3) is 0.160. The Kier molecular flexibility index (Phi) is 7.62. The predicted octanol–water partition coefficient (Wildman–Crippen LogP) is 6.03. The van der Waals surface area contributed by atoms with Crippen LogP contribution in [0.4, 0.5) is 5.69 Å². The van der Waals surface area contributed by atoms with Gasteiger partial charge in [-0.3, -0.25) is 19.5 Å². The lowest BCUT2D eigenvalue weighted by molar-refractivity contribution is -0.384. The molecule has 1 N–H and O–H groups in total. The Morgan fingerprint density at radius 3 is 2.54 bits per heavy atom. The molecule has 178 valence electrons. The molecule has 4 rings (SSSR count). The van der Waals surface area contributed by atoms with E-state index in [1.807, 2.05) is 29.7 Å². The second-order valence-corrected chi connectivity index (χ2v) is 9.73. The number of aromatic nitrogens is 3. The largest absolute Gasteiger partial charge is 0.342 e. The summed E-state index contributed by atoms with van der Waals surface area (Å²) in [6.07, 6.45) is 0. The van der Waals surface area contributed by atoms with Crippen molar-refractivity contribution in [3.8, 4) is 5.69 Å². The van der Waals surface area contributed by atoms with E-state index in [2.05, 4.69) is 50.5 Å². The molecule has 0 radical (unpaired) electrons. The molecule has 0 aliphatic rings. The maximum absolute atomic E-state index is 12.8. The first-order chi connectivity index (χ1) is 16.8. The number of nitrogens with one attached hydrogen (secondary N) is 1. The Bertz CT molecular complexity index is 1370. The third-order valence-electron chi connectivity index (χ3n) is 5.42. The average Bonchev–Trinajstić information content (AvgIpc) is 3.27. The van der Waals surface area contributed by atoms with E-state index in [9.17, 15) is 14.9 Å². The van der Waals surface area contributed by atoms with E-state index in [1.165, 1.54) is 35.0 Å². The van der Waals surface area contributed by atoms with Crippen LogP contribution < -0.4 is 5.32 Å². The van der Waals surface area contributed by atoms with Crippen LogP contribution in [0.3, 0.4) is 0 Å². The molecule has 10 heteroatoms. The number of hydrogen-bond acceptors (Lipinski definition) is 6. The van der Waals surface area contributed by atoms with Gasteiger partial charge in [0.25, 0.3) is 11.6 Å². The van der Waals surface area contributed by atoms with E-state index in [1.54, 1.807) is 30.3 Å². The predicted molar refractivity (Wildman–Crippen MR) is 139 cm³/mol. The molecule has 0 spiro atoms. The smallest absolute Gasteiger partial charge is 0.269 e. The number of benzene rings is 3. The minimum Gasteiger partial charge on any atom is -0.342 e. The second-order valence-electron chi connectivity index (χ2n) is 7.87. The first kappa shape index (κ1) is 24.6. The van der Waals surface area contributed by atoms with Crippen LogP contribution >= 0.6 is 27.7 Å². The van der Waals surface area contributed by atoms with Gasteiger partial charge in [-0.15, -0.1) is 10.2 Å². The van der Waals surface area contributed by atoms with Gasteiger partial charge in [-0.2, -0.15) is 0 Å². The van der Waals surface area contributed by atoms with E-state index in [-0.39, 0.29) is 11.6 Å². The van der Waals surface area contributed by atoms with Crippen LogP contribution in [-0.2, 0) is 5.75 Å². The van der Waals surface area contributed by atoms with Gasteiger partial charge in [-0.05, 0) is 55.3 Å². The molecule has 0 fully saturated rings. The Balaban J connectivity index is 1.66. The number of carbonyl (C=O) groups excluding carboxylic acids is 1. The molecule has 0 saturated carbocycles. The Morgan fingerprint density at radius 2 is 1.86 bits per heavy atom. The summed E-state index contributed by atoms with van der Waals surface area (Å²) in [5.41, 5.74) is 3.53. The van der Waals surface area contributed by atoms with Crippen LogP contribution in [0.1, 0.15) is 40.3 Å². The van der Waals surface area contributed by atoms with Gasteiger partial charge in [-0.1, -0.05) is 58.0 Å². The van der Waals surface area contributed by atoms with Crippen molar-refractivity contribution in [2.75, 3.05) is 0 Å². The van der Waals surface area contributed by atoms with E-state index >= 15 is 0 Å². The molecular formula is C25H22BrN5O3S. The summed E-state index contributed by atoms with van der Waals surface area (Å²) in [7, 11) is 0. The van der Waals surface area contributed by atoms with E-state index in [0.29, 0.717) is 28.0 Å². The van der Waals surface area contributed by atoms with Gasteiger partial charge in [-0.25, -0.2) is 0 Å². The maximum Gasteiger partial charge on any atom is 0.269 e. The quantitative estimate of drug-likeness (QED) is 0.163. The van der Waals surface area contributed by atoms with Crippen LogP contribution in [0.15, 0.2) is 82.4 Å². The summed E-state index contributed by atoms with van der Waals surface area (Å²) in [6, 6.07) is 21.0.